The van der Waals surface area contributed by atoms with Crippen molar-refractivity contribution < 1.29 is 4.79 Å². The topological polar surface area (TPSA) is 24.7 Å². The van der Waals surface area contributed by atoms with Crippen LogP contribution >= 0.6 is 0 Å². The van der Waals surface area contributed by atoms with Gasteiger partial charge >= 0.3 is 5.66 Å². The summed E-state index contributed by atoms with van der Waals surface area (Å²) >= 11 is 0. The molecule has 0 aromatic heterocycles. The highest BCUT2D eigenvalue weighted by molar-refractivity contribution is 5.80. The molecule has 1 saturated carbocycles. The van der Waals surface area contributed by atoms with Gasteiger partial charge in [-0.05, 0) is 19.9 Å². The molecule has 2 aliphatic rings. The van der Waals surface area contributed by atoms with Gasteiger partial charge in [0.15, 0.2) is 0 Å². The van der Waals surface area contributed by atoms with Crippen molar-refractivity contribution in [3.8, 4) is 6.57 Å². The van der Waals surface area contributed by atoms with Crippen molar-refractivity contribution in [3.05, 3.63) is 4.85 Å². The van der Waals surface area contributed by atoms with Crippen molar-refractivity contribution in [2.45, 2.75) is 37.8 Å². The van der Waals surface area contributed by atoms with E-state index in [-0.39, 0.29) is 5.66 Å². The molecule has 1 aliphatic carbocycles. The molecule has 0 aromatic rings. The zero-order chi connectivity index (χ0) is 10.2. The molecule has 0 N–H and O–H groups in total. The molecule has 0 unspecified atom stereocenters. The van der Waals surface area contributed by atoms with Gasteiger partial charge in [-0.2, -0.15) is 0 Å². The maximum Gasteiger partial charge on any atom is 0.340 e. The molecule has 1 aliphatic heterocycles. The average molecular weight is 193 g/mol. The van der Waals surface area contributed by atoms with Crippen molar-refractivity contribution in [3.63, 3.8) is 0 Å². The molecule has 2 fully saturated rings. The summed E-state index contributed by atoms with van der Waals surface area (Å²) in [6.45, 7) is 6.60. The number of nitrogens with zero attached hydrogens (tertiary/aromatic N) is 2. The maximum atomic E-state index is 11.4. The number of carbonyl (C=O) groups is 1. The van der Waals surface area contributed by atoms with Crippen LogP contribution in [-0.4, -0.2) is 29.9 Å². The van der Waals surface area contributed by atoms with Crippen molar-refractivity contribution in [2.24, 2.45) is 5.92 Å². The number of ketones is 1. The Morgan fingerprint density at radius 3 is 3.14 bits per heavy atom. The summed E-state index contributed by atoms with van der Waals surface area (Å²) in [5.74, 6) is 0.733. The van der Waals surface area contributed by atoms with E-state index in [9.17, 15) is 4.79 Å². The number of hydrogen-bond acceptors (Lipinski definition) is 2. The Hall–Kier alpha value is -0.880. The van der Waals surface area contributed by atoms with Gasteiger partial charge in [-0.3, -0.25) is 4.79 Å². The number of Topliss-reactive ketones (excluding diaryl/α,β-unsaturated/α-hetero) is 1. The van der Waals surface area contributed by atoms with E-state index in [4.69, 9.17) is 6.57 Å². The molecular weight excluding hydrogens is 176 g/mol. The minimum absolute atomic E-state index is 0.230. The van der Waals surface area contributed by atoms with Gasteiger partial charge in [-0.25, -0.2) is 4.90 Å². The predicted octanol–water partition coefficient (Wildman–Crippen LogP) is 1.74. The second-order valence-electron chi connectivity index (χ2n) is 4.51. The highest BCUT2D eigenvalue weighted by Gasteiger charge is 2.56. The minimum atomic E-state index is -0.230. The lowest BCUT2D eigenvalue weighted by atomic mass is 9.73. The van der Waals surface area contributed by atoms with Crippen LogP contribution in [0.25, 0.3) is 4.85 Å². The van der Waals surface area contributed by atoms with Crippen molar-refractivity contribution in [1.29, 1.82) is 0 Å². The molecule has 14 heavy (non-hydrogen) atoms. The maximum absolute atomic E-state index is 11.4. The molecule has 3 nitrogen and oxygen atoms in total. The standard InChI is InChI=1S/C11H17N2O/c1-12-11-6-5-10(14)8-9(11)4-3-7-13(11)2/h1,9H,3-8H2,2H3/q+1/t9-,11+/m0/s1. The van der Waals surface area contributed by atoms with Crippen LogP contribution in [0.2, 0.25) is 0 Å². The number of piperidine rings is 1. The second-order valence-corrected chi connectivity index (χ2v) is 4.51. The second kappa shape index (κ2) is 3.36. The summed E-state index contributed by atoms with van der Waals surface area (Å²) in [7, 11) is 2.07. The molecule has 1 saturated heterocycles. The Balaban J connectivity index is 2.27. The molecule has 0 bridgehead atoms. The van der Waals surface area contributed by atoms with E-state index >= 15 is 0 Å². The van der Waals surface area contributed by atoms with Gasteiger partial charge in [0.05, 0.1) is 12.3 Å². The van der Waals surface area contributed by atoms with Crippen LogP contribution in [0.4, 0.5) is 0 Å². The number of hydrogen-bond donors (Lipinski definition) is 0. The Morgan fingerprint density at radius 2 is 2.43 bits per heavy atom. The lowest BCUT2D eigenvalue weighted by molar-refractivity contribution is -0.126. The quantitative estimate of drug-likeness (QED) is 0.585. The van der Waals surface area contributed by atoms with Crippen LogP contribution in [0.15, 0.2) is 0 Å². The van der Waals surface area contributed by atoms with Gasteiger partial charge in [0.2, 0.25) is 0 Å². The molecular formula is C11H17N2O+. The van der Waals surface area contributed by atoms with Gasteiger partial charge in [0.25, 0.3) is 6.57 Å². The average Bonchev–Trinajstić information content (AvgIpc) is 2.18. The predicted molar refractivity (Wildman–Crippen MR) is 55.2 cm³/mol. The summed E-state index contributed by atoms with van der Waals surface area (Å²) in [6.07, 6.45) is 4.37. The normalized spacial score (nSPS) is 38.9. The first-order valence-electron chi connectivity index (χ1n) is 5.34. The van der Waals surface area contributed by atoms with Crippen LogP contribution in [0.5, 0.6) is 0 Å². The molecule has 1 heterocycles. The fourth-order valence-corrected chi connectivity index (χ4v) is 2.94. The first-order chi connectivity index (χ1) is 6.69. The van der Waals surface area contributed by atoms with E-state index in [1.54, 1.807) is 0 Å². The van der Waals surface area contributed by atoms with Gasteiger partial charge in [-0.1, -0.05) is 4.85 Å². The van der Waals surface area contributed by atoms with Crippen LogP contribution in [-0.2, 0) is 4.79 Å². The van der Waals surface area contributed by atoms with E-state index < -0.39 is 0 Å². The smallest absolute Gasteiger partial charge is 0.300 e. The van der Waals surface area contributed by atoms with Crippen molar-refractivity contribution >= 4 is 5.78 Å². The molecule has 2 atom stereocenters. The first kappa shape index (κ1) is 9.67. The molecule has 76 valence electrons. The van der Waals surface area contributed by atoms with Gasteiger partial charge in [-0.15, -0.1) is 0 Å². The molecule has 0 amide bonds. The fourth-order valence-electron chi connectivity index (χ4n) is 2.94. The lowest BCUT2D eigenvalue weighted by Gasteiger charge is -2.40. The monoisotopic (exact) mass is 193 g/mol. The lowest BCUT2D eigenvalue weighted by Crippen LogP contribution is -2.55. The van der Waals surface area contributed by atoms with Crippen LogP contribution in [0, 0.1) is 12.5 Å². The van der Waals surface area contributed by atoms with Gasteiger partial charge in [0.1, 0.15) is 5.78 Å². The third kappa shape index (κ3) is 1.26. The molecule has 0 aromatic carbocycles. The number of fused-ring (bicyclic) bond motifs is 1. The fraction of sp³-hybridized carbons (Fsp3) is 0.818. The molecule has 2 rings (SSSR count). The Labute approximate surface area is 84.9 Å². The van der Waals surface area contributed by atoms with Gasteiger partial charge in [0, 0.05) is 19.4 Å². The van der Waals surface area contributed by atoms with Crippen molar-refractivity contribution in [2.75, 3.05) is 13.6 Å². The Bertz CT molecular complexity index is 294. The van der Waals surface area contributed by atoms with Crippen LogP contribution in [0.1, 0.15) is 32.1 Å². The van der Waals surface area contributed by atoms with Gasteiger partial charge < -0.3 is 0 Å². The van der Waals surface area contributed by atoms with Crippen LogP contribution in [0.3, 0.4) is 0 Å². The minimum Gasteiger partial charge on any atom is -0.300 e. The third-order valence-electron chi connectivity index (χ3n) is 3.83. The SMILES string of the molecule is C#[N+][C@@]12CCC(=O)C[C@@H]1CCCN2C. The van der Waals surface area contributed by atoms with Crippen molar-refractivity contribution in [1.82, 2.24) is 4.90 Å². The van der Waals surface area contributed by atoms with E-state index in [0.717, 1.165) is 25.8 Å². The highest BCUT2D eigenvalue weighted by Crippen LogP contribution is 2.43. The summed E-state index contributed by atoms with van der Waals surface area (Å²) in [5, 5.41) is 0. The summed E-state index contributed by atoms with van der Waals surface area (Å²) in [6, 6.07) is 0. The summed E-state index contributed by atoms with van der Waals surface area (Å²) < 4.78 is 0. The third-order valence-corrected chi connectivity index (χ3v) is 3.83. The van der Waals surface area contributed by atoms with E-state index in [1.165, 1.54) is 0 Å². The summed E-state index contributed by atoms with van der Waals surface area (Å²) in [5.41, 5.74) is -0.230. The van der Waals surface area contributed by atoms with E-state index in [0.29, 0.717) is 24.5 Å². The molecule has 0 spiro atoms. The molecule has 3 heteroatoms. The zero-order valence-electron chi connectivity index (χ0n) is 8.70. The number of rotatable bonds is 0. The number of carbonyl (C=O) groups excluding carboxylic acids is 1. The largest absolute Gasteiger partial charge is 0.340 e. The number of likely N-dealkylation sites (tertiary alicyclic amines) is 1. The van der Waals surface area contributed by atoms with E-state index in [2.05, 4.69) is 16.8 Å². The molecule has 0 radical (unpaired) electrons. The summed E-state index contributed by atoms with van der Waals surface area (Å²) in [4.78, 5) is 17.7. The van der Waals surface area contributed by atoms with Crippen LogP contribution < -0.4 is 0 Å². The first-order valence-corrected chi connectivity index (χ1v) is 5.34. The highest BCUT2D eigenvalue weighted by atomic mass is 16.1. The van der Waals surface area contributed by atoms with E-state index in [1.807, 2.05) is 0 Å². The Kier molecular flexibility index (Phi) is 2.32. The Morgan fingerprint density at radius 1 is 1.64 bits per heavy atom. The zero-order valence-corrected chi connectivity index (χ0v) is 8.70.